The molecule has 0 aliphatic heterocycles. The van der Waals surface area contributed by atoms with Crippen LogP contribution in [0.4, 0.5) is 5.13 Å². The van der Waals surface area contributed by atoms with Crippen molar-refractivity contribution in [2.75, 3.05) is 5.73 Å². The molecule has 2 heterocycles. The highest BCUT2D eigenvalue weighted by Gasteiger charge is 2.27. The van der Waals surface area contributed by atoms with Gasteiger partial charge >= 0.3 is 0 Å². The summed E-state index contributed by atoms with van der Waals surface area (Å²) < 4.78 is 0. The number of carbonyl (C=O) groups is 1. The summed E-state index contributed by atoms with van der Waals surface area (Å²) in [5.41, 5.74) is 7.37. The number of aromatic amines is 1. The van der Waals surface area contributed by atoms with Gasteiger partial charge in [0.1, 0.15) is 5.01 Å². The molecular formula is C15H16N6OS. The predicted octanol–water partition coefficient (Wildman–Crippen LogP) is 2.18. The molecule has 0 saturated carbocycles. The average molecular weight is 328 g/mol. The number of nitrogens with one attached hydrogen (secondary N) is 2. The van der Waals surface area contributed by atoms with Gasteiger partial charge in [0.15, 0.2) is 0 Å². The predicted molar refractivity (Wildman–Crippen MR) is 88.8 cm³/mol. The van der Waals surface area contributed by atoms with Crippen molar-refractivity contribution < 1.29 is 4.79 Å². The second-order valence-electron chi connectivity index (χ2n) is 5.59. The zero-order chi connectivity index (χ0) is 16.4. The van der Waals surface area contributed by atoms with E-state index < -0.39 is 5.54 Å². The van der Waals surface area contributed by atoms with Crippen molar-refractivity contribution in [2.45, 2.75) is 19.4 Å². The monoisotopic (exact) mass is 328 g/mol. The van der Waals surface area contributed by atoms with E-state index in [9.17, 15) is 4.79 Å². The molecule has 0 aliphatic carbocycles. The molecule has 0 bridgehead atoms. The Balaban J connectivity index is 1.82. The lowest BCUT2D eigenvalue weighted by Crippen LogP contribution is -2.41. The summed E-state index contributed by atoms with van der Waals surface area (Å²) in [5.74, 6) is -0.186. The normalized spacial score (nSPS) is 11.4. The maximum Gasteiger partial charge on any atom is 0.252 e. The van der Waals surface area contributed by atoms with E-state index in [2.05, 4.69) is 25.7 Å². The minimum Gasteiger partial charge on any atom is -0.374 e. The molecule has 0 unspecified atom stereocenters. The van der Waals surface area contributed by atoms with E-state index in [1.165, 1.54) is 11.3 Å². The van der Waals surface area contributed by atoms with Crippen LogP contribution in [0.2, 0.25) is 0 Å². The molecule has 2 aromatic heterocycles. The molecule has 23 heavy (non-hydrogen) atoms. The van der Waals surface area contributed by atoms with Crippen molar-refractivity contribution in [3.63, 3.8) is 0 Å². The third-order valence-corrected chi connectivity index (χ3v) is 4.43. The van der Waals surface area contributed by atoms with Crippen molar-refractivity contribution >= 4 is 22.4 Å². The lowest BCUT2D eigenvalue weighted by atomic mass is 10.0. The highest BCUT2D eigenvalue weighted by molar-refractivity contribution is 7.15. The van der Waals surface area contributed by atoms with Crippen LogP contribution >= 0.6 is 11.3 Å². The maximum atomic E-state index is 12.6. The fraction of sp³-hybridized carbons (Fsp3) is 0.200. The summed E-state index contributed by atoms with van der Waals surface area (Å²) in [6.07, 6.45) is 3.50. The average Bonchev–Trinajstić information content (AvgIpc) is 3.18. The molecule has 0 saturated heterocycles. The lowest BCUT2D eigenvalue weighted by Gasteiger charge is -2.23. The lowest BCUT2D eigenvalue weighted by molar-refractivity contribution is 0.0911. The molecule has 4 N–H and O–H groups in total. The molecule has 3 aromatic rings. The Kier molecular flexibility index (Phi) is 3.83. The van der Waals surface area contributed by atoms with Crippen LogP contribution in [0.15, 0.2) is 36.7 Å². The van der Waals surface area contributed by atoms with Gasteiger partial charge < -0.3 is 11.1 Å². The Morgan fingerprint density at radius 1 is 1.30 bits per heavy atom. The Morgan fingerprint density at radius 3 is 2.78 bits per heavy atom. The number of H-pyrrole nitrogens is 1. The summed E-state index contributed by atoms with van der Waals surface area (Å²) in [5, 5.41) is 18.5. The Hall–Kier alpha value is -2.74. The first kappa shape index (κ1) is 15.2. The molecule has 3 rings (SSSR count). The summed E-state index contributed by atoms with van der Waals surface area (Å²) in [6, 6.07) is 7.36. The SMILES string of the molecule is CC(C)(NC(=O)c1cccc(-c2cn[nH]c2)c1)c1nnc(N)s1. The van der Waals surface area contributed by atoms with Crippen molar-refractivity contribution in [3.05, 3.63) is 47.2 Å². The quantitative estimate of drug-likeness (QED) is 0.680. The van der Waals surface area contributed by atoms with Crippen LogP contribution < -0.4 is 11.1 Å². The fourth-order valence-electron chi connectivity index (χ4n) is 2.15. The second kappa shape index (κ2) is 5.81. The van der Waals surface area contributed by atoms with Gasteiger partial charge in [-0.15, -0.1) is 10.2 Å². The van der Waals surface area contributed by atoms with Crippen molar-refractivity contribution in [3.8, 4) is 11.1 Å². The number of aromatic nitrogens is 4. The van der Waals surface area contributed by atoms with E-state index in [0.717, 1.165) is 11.1 Å². The zero-order valence-corrected chi connectivity index (χ0v) is 13.5. The standard InChI is InChI=1S/C15H16N6OS/c1-15(2,13-20-21-14(16)23-13)19-12(22)10-5-3-4-9(6-10)11-7-17-18-8-11/h3-8H,1-2H3,(H2,16,21)(H,17,18)(H,19,22). The number of anilines is 1. The van der Waals surface area contributed by atoms with Gasteiger partial charge in [0.2, 0.25) is 5.13 Å². The molecule has 0 spiro atoms. The summed E-state index contributed by atoms with van der Waals surface area (Å²) in [7, 11) is 0. The molecule has 8 heteroatoms. The van der Waals surface area contributed by atoms with Gasteiger partial charge in [-0.05, 0) is 31.5 Å². The summed E-state index contributed by atoms with van der Waals surface area (Å²) in [4.78, 5) is 12.6. The van der Waals surface area contributed by atoms with Gasteiger partial charge in [0.25, 0.3) is 5.91 Å². The van der Waals surface area contributed by atoms with Crippen LogP contribution in [0.25, 0.3) is 11.1 Å². The van der Waals surface area contributed by atoms with Gasteiger partial charge in [-0.2, -0.15) is 5.10 Å². The van der Waals surface area contributed by atoms with E-state index in [0.29, 0.717) is 15.7 Å². The number of carbonyl (C=O) groups excluding carboxylic acids is 1. The minimum atomic E-state index is -0.655. The van der Waals surface area contributed by atoms with Gasteiger partial charge in [-0.25, -0.2) is 0 Å². The number of amides is 1. The van der Waals surface area contributed by atoms with Crippen LogP contribution in [0.1, 0.15) is 29.2 Å². The van der Waals surface area contributed by atoms with Crippen molar-refractivity contribution in [1.82, 2.24) is 25.7 Å². The molecule has 0 fully saturated rings. The number of hydrogen-bond donors (Lipinski definition) is 3. The smallest absolute Gasteiger partial charge is 0.252 e. The number of hydrogen-bond acceptors (Lipinski definition) is 6. The van der Waals surface area contributed by atoms with E-state index in [-0.39, 0.29) is 5.91 Å². The second-order valence-corrected chi connectivity index (χ2v) is 6.60. The van der Waals surface area contributed by atoms with Crippen molar-refractivity contribution in [1.29, 1.82) is 0 Å². The highest BCUT2D eigenvalue weighted by atomic mass is 32.1. The van der Waals surface area contributed by atoms with Gasteiger partial charge in [-0.3, -0.25) is 9.89 Å². The summed E-state index contributed by atoms with van der Waals surface area (Å²) >= 11 is 1.26. The van der Waals surface area contributed by atoms with Gasteiger partial charge in [-0.1, -0.05) is 23.5 Å². The number of benzene rings is 1. The molecule has 0 aliphatic rings. The number of rotatable bonds is 4. The molecule has 1 aromatic carbocycles. The van der Waals surface area contributed by atoms with Crippen LogP contribution in [-0.4, -0.2) is 26.3 Å². The van der Waals surface area contributed by atoms with E-state index in [1.807, 2.05) is 32.0 Å². The van der Waals surface area contributed by atoms with E-state index in [1.54, 1.807) is 18.5 Å². The molecular weight excluding hydrogens is 312 g/mol. The molecule has 118 valence electrons. The molecule has 0 radical (unpaired) electrons. The van der Waals surface area contributed by atoms with Crippen LogP contribution in [0, 0.1) is 0 Å². The third-order valence-electron chi connectivity index (χ3n) is 3.36. The van der Waals surface area contributed by atoms with E-state index in [4.69, 9.17) is 5.73 Å². The number of nitrogens with two attached hydrogens (primary N) is 1. The highest BCUT2D eigenvalue weighted by Crippen LogP contribution is 2.25. The Labute approximate surface area is 137 Å². The maximum absolute atomic E-state index is 12.6. The first-order valence-corrected chi connectivity index (χ1v) is 7.78. The molecule has 1 amide bonds. The Bertz CT molecular complexity index is 824. The first-order chi connectivity index (χ1) is 11.0. The van der Waals surface area contributed by atoms with Crippen LogP contribution in [-0.2, 0) is 5.54 Å². The molecule has 0 atom stereocenters. The number of nitrogens with zero attached hydrogens (tertiary/aromatic N) is 3. The topological polar surface area (TPSA) is 110 Å². The largest absolute Gasteiger partial charge is 0.374 e. The zero-order valence-electron chi connectivity index (χ0n) is 12.7. The van der Waals surface area contributed by atoms with Gasteiger partial charge in [0.05, 0.1) is 11.7 Å². The minimum absolute atomic E-state index is 0.186. The van der Waals surface area contributed by atoms with Crippen LogP contribution in [0.3, 0.4) is 0 Å². The van der Waals surface area contributed by atoms with E-state index >= 15 is 0 Å². The summed E-state index contributed by atoms with van der Waals surface area (Å²) in [6.45, 7) is 3.73. The van der Waals surface area contributed by atoms with Gasteiger partial charge in [0, 0.05) is 17.3 Å². The van der Waals surface area contributed by atoms with Crippen LogP contribution in [0.5, 0.6) is 0 Å². The first-order valence-electron chi connectivity index (χ1n) is 6.97. The number of nitrogen functional groups attached to an aromatic ring is 1. The Morgan fingerprint density at radius 2 is 2.13 bits per heavy atom. The van der Waals surface area contributed by atoms with Crippen molar-refractivity contribution in [2.24, 2.45) is 0 Å². The third kappa shape index (κ3) is 3.21. The fourth-order valence-corrected chi connectivity index (χ4v) is 2.81. The molecule has 7 nitrogen and oxygen atoms in total.